The van der Waals surface area contributed by atoms with Gasteiger partial charge in [-0.2, -0.15) is 5.10 Å². The molecule has 1 aromatic heterocycles. The zero-order valence-electron chi connectivity index (χ0n) is 22.3. The molecule has 210 valence electrons. The van der Waals surface area contributed by atoms with Gasteiger partial charge in [-0.1, -0.05) is 23.2 Å². The van der Waals surface area contributed by atoms with E-state index in [1.165, 1.54) is 38.6 Å². The molecule has 1 amide bonds. The number of benzene rings is 2. The van der Waals surface area contributed by atoms with Crippen LogP contribution in [0, 0.1) is 0 Å². The molecule has 0 saturated heterocycles. The van der Waals surface area contributed by atoms with Crippen LogP contribution in [0.4, 0.5) is 11.4 Å². The number of rotatable bonds is 11. The minimum absolute atomic E-state index is 0.0407. The normalized spacial score (nSPS) is 14.0. The molecule has 0 radical (unpaired) electrons. The van der Waals surface area contributed by atoms with Crippen LogP contribution in [0.1, 0.15) is 31.5 Å². The number of H-pyrrole nitrogens is 1. The minimum atomic E-state index is -4.30. The van der Waals surface area contributed by atoms with Gasteiger partial charge in [0.15, 0.2) is 11.5 Å². The third-order valence-electron chi connectivity index (χ3n) is 6.62. The molecule has 0 spiro atoms. The number of carbonyl (C=O) groups is 1. The summed E-state index contributed by atoms with van der Waals surface area (Å²) in [6.45, 7) is 1.35. The van der Waals surface area contributed by atoms with Crippen molar-refractivity contribution in [2.24, 2.45) is 0 Å². The predicted octanol–water partition coefficient (Wildman–Crippen LogP) is 4.75. The first-order valence-corrected chi connectivity index (χ1v) is 14.4. The summed E-state index contributed by atoms with van der Waals surface area (Å²) in [7, 11) is 2.24. The highest BCUT2D eigenvalue weighted by Gasteiger charge is 2.40. The molecular formula is C26H31Cl2N5O5S. The van der Waals surface area contributed by atoms with Gasteiger partial charge < -0.3 is 19.3 Å². The van der Waals surface area contributed by atoms with Gasteiger partial charge in [0.05, 0.1) is 52.8 Å². The summed E-state index contributed by atoms with van der Waals surface area (Å²) < 4.78 is 40.0. The van der Waals surface area contributed by atoms with E-state index < -0.39 is 28.5 Å². The lowest BCUT2D eigenvalue weighted by atomic mass is 10.2. The van der Waals surface area contributed by atoms with E-state index in [4.69, 9.17) is 32.7 Å². The molecule has 1 aliphatic rings. The number of amides is 1. The fourth-order valence-electron chi connectivity index (χ4n) is 4.38. The van der Waals surface area contributed by atoms with Crippen LogP contribution >= 0.6 is 23.2 Å². The van der Waals surface area contributed by atoms with E-state index in [1.54, 1.807) is 23.1 Å². The van der Waals surface area contributed by atoms with Crippen LogP contribution in [-0.4, -0.2) is 70.3 Å². The standard InChI is InChI=1S/C26H31Cl2N5O5S/c1-16(26-21(28)14-29-30-26)33(17-6-7-17)25(34)15-32(22-12-18(31(2)3)8-10-20(22)27)39(35,36)19-9-11-23(37-4)24(13-19)38-5/h8-14,16-17H,6-7,15H2,1-5H3,(H,29,30). The lowest BCUT2D eigenvalue weighted by Gasteiger charge is -2.33. The molecule has 1 fully saturated rings. The van der Waals surface area contributed by atoms with Crippen molar-refractivity contribution in [2.45, 2.75) is 36.7 Å². The Kier molecular flexibility index (Phi) is 8.53. The van der Waals surface area contributed by atoms with E-state index in [-0.39, 0.29) is 27.4 Å². The van der Waals surface area contributed by atoms with Gasteiger partial charge in [0.2, 0.25) is 5.91 Å². The zero-order chi connectivity index (χ0) is 28.5. The molecule has 1 heterocycles. The number of anilines is 2. The molecular weight excluding hydrogens is 565 g/mol. The van der Waals surface area contributed by atoms with Gasteiger partial charge in [-0.3, -0.25) is 14.2 Å². The topological polar surface area (TPSA) is 108 Å². The Bertz CT molecular complexity index is 1460. The molecule has 2 aromatic carbocycles. The number of aromatic nitrogens is 2. The maximum absolute atomic E-state index is 14.2. The van der Waals surface area contributed by atoms with E-state index >= 15 is 0 Å². The number of carbonyl (C=O) groups excluding carboxylic acids is 1. The third-order valence-corrected chi connectivity index (χ3v) is 9.00. The van der Waals surface area contributed by atoms with Gasteiger partial charge in [-0.25, -0.2) is 8.42 Å². The summed E-state index contributed by atoms with van der Waals surface area (Å²) in [6.07, 6.45) is 3.09. The summed E-state index contributed by atoms with van der Waals surface area (Å²) in [4.78, 5) is 17.3. The number of nitrogens with one attached hydrogen (secondary N) is 1. The first-order valence-electron chi connectivity index (χ1n) is 12.2. The molecule has 0 aliphatic heterocycles. The smallest absolute Gasteiger partial charge is 0.264 e. The molecule has 0 bridgehead atoms. The third kappa shape index (κ3) is 5.90. The fourth-order valence-corrected chi connectivity index (χ4v) is 6.34. The number of sulfonamides is 1. The van der Waals surface area contributed by atoms with Crippen LogP contribution in [0.15, 0.2) is 47.5 Å². The van der Waals surface area contributed by atoms with Crippen LogP contribution in [0.3, 0.4) is 0 Å². The minimum Gasteiger partial charge on any atom is -0.493 e. The molecule has 1 atom stereocenters. The molecule has 13 heteroatoms. The van der Waals surface area contributed by atoms with Crippen LogP contribution < -0.4 is 18.7 Å². The highest BCUT2D eigenvalue weighted by molar-refractivity contribution is 7.92. The Morgan fingerprint density at radius 1 is 1.08 bits per heavy atom. The number of hydrogen-bond donors (Lipinski definition) is 1. The number of aromatic amines is 1. The van der Waals surface area contributed by atoms with E-state index in [1.807, 2.05) is 25.9 Å². The van der Waals surface area contributed by atoms with E-state index in [0.29, 0.717) is 22.2 Å². The van der Waals surface area contributed by atoms with Gasteiger partial charge in [-0.05, 0) is 50.1 Å². The number of ether oxygens (including phenoxy) is 2. The van der Waals surface area contributed by atoms with Crippen LogP contribution in [-0.2, 0) is 14.8 Å². The first kappa shape index (κ1) is 28.8. The van der Waals surface area contributed by atoms with Gasteiger partial charge in [0.25, 0.3) is 10.0 Å². The summed E-state index contributed by atoms with van der Waals surface area (Å²) in [5.41, 5.74) is 1.47. The van der Waals surface area contributed by atoms with Gasteiger partial charge in [0.1, 0.15) is 6.54 Å². The van der Waals surface area contributed by atoms with E-state index in [2.05, 4.69) is 10.2 Å². The van der Waals surface area contributed by atoms with Crippen LogP contribution in [0.5, 0.6) is 11.5 Å². The SMILES string of the molecule is COc1ccc(S(=O)(=O)N(CC(=O)N(C2CC2)C(C)c2[nH]ncc2Cl)c2cc(N(C)C)ccc2Cl)cc1OC. The number of nitrogens with zero attached hydrogens (tertiary/aromatic N) is 4. The molecule has 1 aliphatic carbocycles. The predicted molar refractivity (Wildman–Crippen MR) is 152 cm³/mol. The summed E-state index contributed by atoms with van der Waals surface area (Å²) in [5.74, 6) is 0.211. The molecule has 4 rings (SSSR count). The second-order valence-electron chi connectivity index (χ2n) is 9.40. The average molecular weight is 597 g/mol. The van der Waals surface area contributed by atoms with Crippen molar-refractivity contribution < 1.29 is 22.7 Å². The van der Waals surface area contributed by atoms with Crippen molar-refractivity contribution in [1.82, 2.24) is 15.1 Å². The monoisotopic (exact) mass is 595 g/mol. The Labute approximate surface area is 238 Å². The largest absolute Gasteiger partial charge is 0.493 e. The second-order valence-corrected chi connectivity index (χ2v) is 12.1. The van der Waals surface area contributed by atoms with E-state index in [9.17, 15) is 13.2 Å². The average Bonchev–Trinajstić information content (AvgIpc) is 3.65. The number of hydrogen-bond acceptors (Lipinski definition) is 7. The summed E-state index contributed by atoms with van der Waals surface area (Å²) in [5, 5.41) is 7.41. The highest BCUT2D eigenvalue weighted by atomic mass is 35.5. The maximum Gasteiger partial charge on any atom is 0.264 e. The van der Waals surface area contributed by atoms with Gasteiger partial charge >= 0.3 is 0 Å². The Balaban J connectivity index is 1.80. The van der Waals surface area contributed by atoms with Crippen molar-refractivity contribution in [3.05, 3.63) is 58.3 Å². The molecule has 1 unspecified atom stereocenters. The number of halogens is 2. The Morgan fingerprint density at radius 2 is 1.77 bits per heavy atom. The Hall–Kier alpha value is -3.15. The molecule has 10 nitrogen and oxygen atoms in total. The first-order chi connectivity index (χ1) is 18.5. The van der Waals surface area contributed by atoms with Crippen molar-refractivity contribution in [3.63, 3.8) is 0 Å². The van der Waals surface area contributed by atoms with Crippen LogP contribution in [0.25, 0.3) is 0 Å². The second kappa shape index (κ2) is 11.5. The molecule has 3 aromatic rings. The molecule has 39 heavy (non-hydrogen) atoms. The van der Waals surface area contributed by atoms with Crippen LogP contribution in [0.2, 0.25) is 10.0 Å². The zero-order valence-corrected chi connectivity index (χ0v) is 24.6. The Morgan fingerprint density at radius 3 is 2.33 bits per heavy atom. The molecule has 1 saturated carbocycles. The van der Waals surface area contributed by atoms with Crippen molar-refractivity contribution in [3.8, 4) is 11.5 Å². The fraction of sp³-hybridized carbons (Fsp3) is 0.385. The summed E-state index contributed by atoms with van der Waals surface area (Å²) >= 11 is 12.9. The van der Waals surface area contributed by atoms with Crippen molar-refractivity contribution in [2.75, 3.05) is 44.1 Å². The van der Waals surface area contributed by atoms with E-state index in [0.717, 1.165) is 17.1 Å². The van der Waals surface area contributed by atoms with Gasteiger partial charge in [-0.15, -0.1) is 0 Å². The lowest BCUT2D eigenvalue weighted by Crippen LogP contribution is -2.45. The number of methoxy groups -OCH3 is 2. The highest BCUT2D eigenvalue weighted by Crippen LogP contribution is 2.39. The van der Waals surface area contributed by atoms with Gasteiger partial charge in [0, 0.05) is 31.9 Å². The maximum atomic E-state index is 14.2. The van der Waals surface area contributed by atoms with Crippen molar-refractivity contribution >= 4 is 50.5 Å². The lowest BCUT2D eigenvalue weighted by molar-refractivity contribution is -0.132. The van der Waals surface area contributed by atoms with Crippen molar-refractivity contribution in [1.29, 1.82) is 0 Å². The molecule has 1 N–H and O–H groups in total. The summed E-state index contributed by atoms with van der Waals surface area (Å²) in [6, 6.07) is 8.81. The quantitative estimate of drug-likeness (QED) is 0.341.